The van der Waals surface area contributed by atoms with Gasteiger partial charge in [0, 0.05) is 10.0 Å². The predicted molar refractivity (Wildman–Crippen MR) is 77.3 cm³/mol. The highest BCUT2D eigenvalue weighted by molar-refractivity contribution is 9.10. The van der Waals surface area contributed by atoms with Gasteiger partial charge in [-0.1, -0.05) is 57.9 Å². The highest BCUT2D eigenvalue weighted by atomic mass is 79.9. The number of epoxide rings is 1. The predicted octanol–water partition coefficient (Wildman–Crippen LogP) is 4.08. The van der Waals surface area contributed by atoms with Crippen LogP contribution in [-0.2, 0) is 4.74 Å². The van der Waals surface area contributed by atoms with E-state index in [9.17, 15) is 4.79 Å². The SMILES string of the molecule is Cc1ccc(C(=O)[C@H]2O[C@@H]2c2ccc(Br)cc2)cc1. The lowest BCUT2D eigenvalue weighted by Gasteiger charge is -1.99. The number of halogens is 1. The fourth-order valence-corrected chi connectivity index (χ4v) is 2.36. The van der Waals surface area contributed by atoms with Crippen molar-refractivity contribution in [3.63, 3.8) is 0 Å². The fourth-order valence-electron chi connectivity index (χ4n) is 2.10. The molecule has 0 amide bonds. The number of benzene rings is 2. The first-order valence-corrected chi connectivity index (χ1v) is 6.96. The van der Waals surface area contributed by atoms with Gasteiger partial charge in [0.05, 0.1) is 0 Å². The van der Waals surface area contributed by atoms with Crippen LogP contribution in [0, 0.1) is 6.92 Å². The van der Waals surface area contributed by atoms with Crippen molar-refractivity contribution in [2.75, 3.05) is 0 Å². The fraction of sp³-hybridized carbons (Fsp3) is 0.188. The quantitative estimate of drug-likeness (QED) is 0.630. The second kappa shape index (κ2) is 4.91. The molecule has 0 bridgehead atoms. The molecule has 2 aromatic carbocycles. The van der Waals surface area contributed by atoms with Gasteiger partial charge in [0.15, 0.2) is 11.9 Å². The Kier molecular flexibility index (Phi) is 3.25. The first-order valence-electron chi connectivity index (χ1n) is 6.17. The first kappa shape index (κ1) is 12.6. The van der Waals surface area contributed by atoms with Crippen molar-refractivity contribution in [1.82, 2.24) is 0 Å². The van der Waals surface area contributed by atoms with Crippen molar-refractivity contribution in [3.8, 4) is 0 Å². The molecule has 3 rings (SSSR count). The summed E-state index contributed by atoms with van der Waals surface area (Å²) in [6.07, 6.45) is -0.425. The van der Waals surface area contributed by atoms with Gasteiger partial charge >= 0.3 is 0 Å². The lowest BCUT2D eigenvalue weighted by Crippen LogP contribution is -2.08. The molecular formula is C16H13BrO2. The van der Waals surface area contributed by atoms with Gasteiger partial charge in [-0.3, -0.25) is 4.79 Å². The molecule has 3 heteroatoms. The van der Waals surface area contributed by atoms with Crippen LogP contribution in [0.25, 0.3) is 0 Å². The van der Waals surface area contributed by atoms with Gasteiger partial charge < -0.3 is 4.74 Å². The van der Waals surface area contributed by atoms with E-state index in [1.165, 1.54) is 0 Å². The van der Waals surface area contributed by atoms with Gasteiger partial charge in [-0.15, -0.1) is 0 Å². The molecule has 1 heterocycles. The van der Waals surface area contributed by atoms with E-state index in [1.807, 2.05) is 55.5 Å². The zero-order valence-electron chi connectivity index (χ0n) is 10.5. The van der Waals surface area contributed by atoms with E-state index in [0.717, 1.165) is 21.2 Å². The Morgan fingerprint density at radius 3 is 2.32 bits per heavy atom. The summed E-state index contributed by atoms with van der Waals surface area (Å²) in [4.78, 5) is 12.2. The van der Waals surface area contributed by atoms with Crippen molar-refractivity contribution in [2.45, 2.75) is 19.1 Å². The van der Waals surface area contributed by atoms with E-state index in [2.05, 4.69) is 15.9 Å². The van der Waals surface area contributed by atoms with E-state index in [0.29, 0.717) is 0 Å². The lowest BCUT2D eigenvalue weighted by molar-refractivity contribution is 0.0953. The minimum atomic E-state index is -0.330. The van der Waals surface area contributed by atoms with Crippen molar-refractivity contribution in [1.29, 1.82) is 0 Å². The summed E-state index contributed by atoms with van der Waals surface area (Å²) in [6, 6.07) is 15.5. The van der Waals surface area contributed by atoms with Crippen LogP contribution in [0.3, 0.4) is 0 Å². The molecular weight excluding hydrogens is 304 g/mol. The Hall–Kier alpha value is -1.45. The summed E-state index contributed by atoms with van der Waals surface area (Å²) in [5.74, 6) is 0.0629. The molecule has 19 heavy (non-hydrogen) atoms. The molecule has 0 radical (unpaired) electrons. The summed E-state index contributed by atoms with van der Waals surface area (Å²) in [7, 11) is 0. The molecule has 2 aromatic rings. The van der Waals surface area contributed by atoms with Crippen molar-refractivity contribution in [3.05, 3.63) is 69.7 Å². The van der Waals surface area contributed by atoms with Crippen molar-refractivity contribution < 1.29 is 9.53 Å². The van der Waals surface area contributed by atoms with E-state index < -0.39 is 0 Å². The molecule has 1 saturated heterocycles. The highest BCUT2D eigenvalue weighted by Gasteiger charge is 2.46. The number of hydrogen-bond donors (Lipinski definition) is 0. The topological polar surface area (TPSA) is 29.6 Å². The Bertz CT molecular complexity index is 602. The van der Waals surface area contributed by atoms with Gasteiger partial charge in [0.25, 0.3) is 0 Å². The van der Waals surface area contributed by atoms with E-state index >= 15 is 0 Å². The molecule has 0 aromatic heterocycles. The number of aryl methyl sites for hydroxylation is 1. The Morgan fingerprint density at radius 1 is 1.05 bits per heavy atom. The van der Waals surface area contributed by atoms with E-state index in [1.54, 1.807) is 0 Å². The average molecular weight is 317 g/mol. The van der Waals surface area contributed by atoms with Crippen LogP contribution in [0.4, 0.5) is 0 Å². The first-order chi connectivity index (χ1) is 9.15. The number of hydrogen-bond acceptors (Lipinski definition) is 2. The van der Waals surface area contributed by atoms with Crippen LogP contribution in [-0.4, -0.2) is 11.9 Å². The average Bonchev–Trinajstić information content (AvgIpc) is 3.20. The van der Waals surface area contributed by atoms with E-state index in [-0.39, 0.29) is 18.0 Å². The van der Waals surface area contributed by atoms with Crippen LogP contribution in [0.2, 0.25) is 0 Å². The molecule has 1 fully saturated rings. The minimum absolute atomic E-state index is 0.0629. The lowest BCUT2D eigenvalue weighted by atomic mass is 10.0. The molecule has 2 atom stereocenters. The summed E-state index contributed by atoms with van der Waals surface area (Å²) >= 11 is 3.39. The monoisotopic (exact) mass is 316 g/mol. The Labute approximate surface area is 120 Å². The van der Waals surface area contributed by atoms with Crippen LogP contribution in [0.5, 0.6) is 0 Å². The largest absolute Gasteiger partial charge is 0.356 e. The van der Waals surface area contributed by atoms with Crippen LogP contribution < -0.4 is 0 Å². The maximum atomic E-state index is 12.2. The third-order valence-electron chi connectivity index (χ3n) is 3.28. The number of carbonyl (C=O) groups excluding carboxylic acids is 1. The molecule has 0 unspecified atom stereocenters. The van der Waals surface area contributed by atoms with Gasteiger partial charge in [-0.2, -0.15) is 0 Å². The van der Waals surface area contributed by atoms with Crippen LogP contribution in [0.1, 0.15) is 27.6 Å². The number of ether oxygens (including phenoxy) is 1. The van der Waals surface area contributed by atoms with Crippen LogP contribution >= 0.6 is 15.9 Å². The summed E-state index contributed by atoms with van der Waals surface area (Å²) in [6.45, 7) is 2.01. The normalized spacial score (nSPS) is 21.2. The summed E-state index contributed by atoms with van der Waals surface area (Å²) < 4.78 is 6.55. The second-order valence-electron chi connectivity index (χ2n) is 4.76. The van der Waals surface area contributed by atoms with Gasteiger partial charge in [-0.05, 0) is 24.6 Å². The molecule has 0 spiro atoms. The number of rotatable bonds is 3. The van der Waals surface area contributed by atoms with E-state index in [4.69, 9.17) is 4.74 Å². The highest BCUT2D eigenvalue weighted by Crippen LogP contribution is 2.40. The van der Waals surface area contributed by atoms with Crippen LogP contribution in [0.15, 0.2) is 53.0 Å². The molecule has 0 saturated carbocycles. The number of ketones is 1. The Balaban J connectivity index is 1.74. The summed E-state index contributed by atoms with van der Waals surface area (Å²) in [5.41, 5.74) is 2.92. The Morgan fingerprint density at radius 2 is 1.68 bits per heavy atom. The standard InChI is InChI=1S/C16H13BrO2/c1-10-2-4-11(5-3-10)14(18)16-15(19-16)12-6-8-13(17)9-7-12/h2-9,15-16H,1H3/t15-,16-/m1/s1. The van der Waals surface area contributed by atoms with Gasteiger partial charge in [0.1, 0.15) is 6.10 Å². The van der Waals surface area contributed by atoms with Gasteiger partial charge in [0.2, 0.25) is 0 Å². The second-order valence-corrected chi connectivity index (χ2v) is 5.67. The molecule has 96 valence electrons. The molecule has 1 aliphatic heterocycles. The van der Waals surface area contributed by atoms with Crippen molar-refractivity contribution >= 4 is 21.7 Å². The van der Waals surface area contributed by atoms with Gasteiger partial charge in [-0.25, -0.2) is 0 Å². The zero-order valence-corrected chi connectivity index (χ0v) is 12.1. The maximum absolute atomic E-state index is 12.2. The number of carbonyl (C=O) groups is 1. The third kappa shape index (κ3) is 2.62. The maximum Gasteiger partial charge on any atom is 0.194 e. The molecule has 1 aliphatic rings. The molecule has 2 nitrogen and oxygen atoms in total. The zero-order chi connectivity index (χ0) is 13.4. The minimum Gasteiger partial charge on any atom is -0.356 e. The van der Waals surface area contributed by atoms with Crippen molar-refractivity contribution in [2.24, 2.45) is 0 Å². The summed E-state index contributed by atoms with van der Waals surface area (Å²) in [5, 5.41) is 0. The smallest absolute Gasteiger partial charge is 0.194 e. The number of Topliss-reactive ketones (excluding diaryl/α,β-unsaturated/α-hetero) is 1. The molecule has 0 N–H and O–H groups in total. The third-order valence-corrected chi connectivity index (χ3v) is 3.81. The molecule has 0 aliphatic carbocycles.